The Morgan fingerprint density at radius 3 is 1.03 bits per heavy atom. The van der Waals surface area contributed by atoms with Crippen LogP contribution in [0.3, 0.4) is 0 Å². The minimum absolute atomic E-state index is 0. The second-order valence-electron chi connectivity index (χ2n) is 10.6. The Balaban J connectivity index is -0.00000185. The van der Waals surface area contributed by atoms with Crippen LogP contribution in [0.5, 0.6) is 0 Å². The molecule has 0 spiro atoms. The molecule has 0 aromatic rings. The molecule has 0 rings (SSSR count). The van der Waals surface area contributed by atoms with Crippen LogP contribution in [0.4, 0.5) is 0 Å². The van der Waals surface area contributed by atoms with Gasteiger partial charge in [0, 0.05) is 6.42 Å². The number of carbonyl (C=O) groups is 1. The van der Waals surface area contributed by atoms with Crippen LogP contribution in [0.1, 0.15) is 181 Å². The van der Waals surface area contributed by atoms with Crippen molar-refractivity contribution in [3.8, 4) is 0 Å². The van der Waals surface area contributed by atoms with Crippen LogP contribution in [0.15, 0.2) is 0 Å². The van der Waals surface area contributed by atoms with Crippen molar-refractivity contribution >= 4 is 45.9 Å². The molecule has 0 aromatic heterocycles. The van der Waals surface area contributed by atoms with Gasteiger partial charge in [-0.05, 0) is 12.8 Å². The average Bonchev–Trinajstić information content (AvgIpc) is 2.84. The summed E-state index contributed by atoms with van der Waals surface area (Å²) in [5.74, 6) is 0.0237. The van der Waals surface area contributed by atoms with E-state index in [-0.39, 0.29) is 35.5 Å². The Morgan fingerprint density at radius 2 is 0.737 bits per heavy atom. The van der Waals surface area contributed by atoms with Crippen LogP contribution in [-0.2, 0) is 19.9 Å². The summed E-state index contributed by atoms with van der Waals surface area (Å²) < 4.78 is 37.0. The molecular formula is C30H63NaO6S. The molecule has 0 heterocycles. The summed E-state index contributed by atoms with van der Waals surface area (Å²) >= 11 is 0. The van der Waals surface area contributed by atoms with Crippen LogP contribution in [0.25, 0.3) is 0 Å². The molecule has 0 amide bonds. The maximum atomic E-state index is 11.8. The summed E-state index contributed by atoms with van der Waals surface area (Å²) in [5, 5.41) is 0. The number of rotatable bonds is 27. The molecular weight excluding hydrogens is 511 g/mol. The maximum absolute atomic E-state index is 11.8. The third kappa shape index (κ3) is 49.3. The zero-order valence-corrected chi connectivity index (χ0v) is 25.3. The van der Waals surface area contributed by atoms with Crippen molar-refractivity contribution in [2.45, 2.75) is 181 Å². The predicted octanol–water partition coefficient (Wildman–Crippen LogP) is 9.41. The van der Waals surface area contributed by atoms with Gasteiger partial charge in [0.2, 0.25) is 0 Å². The summed E-state index contributed by atoms with van der Waals surface area (Å²) in [6.45, 7) is 5.19. The number of unbranched alkanes of at least 4 members (excludes halogenated alkanes) is 23. The summed E-state index contributed by atoms with van der Waals surface area (Å²) in [6.07, 6.45) is 34.2. The molecule has 38 heavy (non-hydrogen) atoms. The first kappa shape index (κ1) is 42.8. The summed E-state index contributed by atoms with van der Waals surface area (Å²) in [5.41, 5.74) is 0. The van der Waals surface area contributed by atoms with Gasteiger partial charge < -0.3 is 4.74 Å². The van der Waals surface area contributed by atoms with Crippen molar-refractivity contribution in [1.29, 1.82) is 0 Å². The van der Waals surface area contributed by atoms with Crippen molar-refractivity contribution in [2.24, 2.45) is 0 Å². The Hall–Kier alpha value is 0.340. The summed E-state index contributed by atoms with van der Waals surface area (Å²) in [7, 11) is -4.67. The van der Waals surface area contributed by atoms with E-state index in [9.17, 15) is 4.79 Å². The van der Waals surface area contributed by atoms with Crippen LogP contribution in [0.2, 0.25) is 0 Å². The van der Waals surface area contributed by atoms with Gasteiger partial charge in [0.15, 0.2) is 0 Å². The zero-order valence-electron chi connectivity index (χ0n) is 24.5. The third-order valence-corrected chi connectivity index (χ3v) is 6.75. The molecule has 0 unspecified atom stereocenters. The number of hydrogen-bond donors (Lipinski definition) is 2. The quantitative estimate of drug-likeness (QED) is 0.0438. The molecule has 0 saturated heterocycles. The van der Waals surface area contributed by atoms with E-state index in [1.165, 1.54) is 148 Å². The molecule has 2 N–H and O–H groups in total. The topological polar surface area (TPSA) is 101 Å². The van der Waals surface area contributed by atoms with Crippen LogP contribution >= 0.6 is 0 Å². The molecule has 0 atom stereocenters. The van der Waals surface area contributed by atoms with Crippen molar-refractivity contribution in [2.75, 3.05) is 6.61 Å². The van der Waals surface area contributed by atoms with E-state index in [1.807, 2.05) is 0 Å². The van der Waals surface area contributed by atoms with Gasteiger partial charge in [-0.15, -0.1) is 0 Å². The molecule has 0 aliphatic heterocycles. The van der Waals surface area contributed by atoms with Gasteiger partial charge in [-0.2, -0.15) is 8.42 Å². The van der Waals surface area contributed by atoms with E-state index in [0.717, 1.165) is 12.8 Å². The van der Waals surface area contributed by atoms with E-state index in [1.54, 1.807) is 0 Å². The van der Waals surface area contributed by atoms with Crippen molar-refractivity contribution < 1.29 is 27.1 Å². The SMILES string of the molecule is CCCCCCCCCCCCCCCCCC(=O)OCCCCCCCCCCCC.O=S(=O)(O)O.[NaH]. The van der Waals surface area contributed by atoms with Gasteiger partial charge in [-0.25, -0.2) is 0 Å². The monoisotopic (exact) mass is 574 g/mol. The fraction of sp³-hybridized carbons (Fsp3) is 0.967. The van der Waals surface area contributed by atoms with Gasteiger partial charge in [0.05, 0.1) is 6.61 Å². The average molecular weight is 575 g/mol. The second kappa shape index (κ2) is 35.4. The molecule has 226 valence electrons. The summed E-state index contributed by atoms with van der Waals surface area (Å²) in [4.78, 5) is 11.8. The van der Waals surface area contributed by atoms with Crippen molar-refractivity contribution in [3.63, 3.8) is 0 Å². The van der Waals surface area contributed by atoms with Gasteiger partial charge >= 0.3 is 45.9 Å². The molecule has 0 aliphatic rings. The predicted molar refractivity (Wildman–Crippen MR) is 164 cm³/mol. The Morgan fingerprint density at radius 1 is 0.500 bits per heavy atom. The van der Waals surface area contributed by atoms with Crippen LogP contribution in [0, 0.1) is 0 Å². The van der Waals surface area contributed by atoms with E-state index < -0.39 is 10.4 Å². The Labute approximate surface area is 259 Å². The minimum atomic E-state index is -4.67. The third-order valence-electron chi connectivity index (χ3n) is 6.75. The molecule has 0 fully saturated rings. The first-order valence-electron chi connectivity index (χ1n) is 15.7. The van der Waals surface area contributed by atoms with Crippen LogP contribution in [-0.4, -0.2) is 59.7 Å². The number of ether oxygens (including phenoxy) is 1. The molecule has 8 heteroatoms. The van der Waals surface area contributed by atoms with Crippen LogP contribution < -0.4 is 0 Å². The van der Waals surface area contributed by atoms with Gasteiger partial charge in [0.25, 0.3) is 0 Å². The molecule has 0 saturated carbocycles. The van der Waals surface area contributed by atoms with E-state index in [0.29, 0.717) is 13.0 Å². The van der Waals surface area contributed by atoms with Crippen molar-refractivity contribution in [3.05, 3.63) is 0 Å². The number of carbonyl (C=O) groups excluding carboxylic acids is 1. The van der Waals surface area contributed by atoms with Gasteiger partial charge in [-0.1, -0.05) is 162 Å². The van der Waals surface area contributed by atoms with Crippen molar-refractivity contribution in [1.82, 2.24) is 0 Å². The first-order chi connectivity index (χ1) is 17.8. The normalized spacial score (nSPS) is 10.9. The molecule has 6 nitrogen and oxygen atoms in total. The summed E-state index contributed by atoms with van der Waals surface area (Å²) in [6, 6.07) is 0. The van der Waals surface area contributed by atoms with E-state index >= 15 is 0 Å². The molecule has 0 bridgehead atoms. The van der Waals surface area contributed by atoms with Gasteiger partial charge in [-0.3, -0.25) is 13.9 Å². The van der Waals surface area contributed by atoms with E-state index in [2.05, 4.69) is 13.8 Å². The zero-order chi connectivity index (χ0) is 27.9. The Bertz CT molecular complexity index is 549. The molecule has 0 aromatic carbocycles. The second-order valence-corrected chi connectivity index (χ2v) is 11.4. The van der Waals surface area contributed by atoms with Gasteiger partial charge in [0.1, 0.15) is 0 Å². The molecule has 0 aliphatic carbocycles. The Kier molecular flexibility index (Phi) is 39.8. The molecule has 0 radical (unpaired) electrons. The fourth-order valence-electron chi connectivity index (χ4n) is 4.49. The number of hydrogen-bond acceptors (Lipinski definition) is 4. The fourth-order valence-corrected chi connectivity index (χ4v) is 4.49. The standard InChI is InChI=1S/C30H60O2.Na.H2O4S.H/c1-3-5-7-9-11-13-15-16-17-18-19-20-22-24-26-28-30(31)32-29-27-25-23-21-14-12-10-8-6-4-2;;1-5(2,3)4;/h3-29H2,1-2H3;;(H2,1,2,3,4);. The number of esters is 1. The first-order valence-corrected chi connectivity index (χ1v) is 17.1. The van der Waals surface area contributed by atoms with E-state index in [4.69, 9.17) is 22.3 Å².